The van der Waals surface area contributed by atoms with E-state index in [4.69, 9.17) is 18.0 Å². The number of anilines is 1. The van der Waals surface area contributed by atoms with Gasteiger partial charge < -0.3 is 11.1 Å². The van der Waals surface area contributed by atoms with Crippen LogP contribution in [-0.2, 0) is 7.05 Å². The lowest BCUT2D eigenvalue weighted by Gasteiger charge is -2.19. The molecule has 0 saturated heterocycles. The highest BCUT2D eigenvalue weighted by Crippen LogP contribution is 2.21. The molecule has 96 valence electrons. The zero-order valence-electron chi connectivity index (χ0n) is 11.3. The number of aryl methyl sites for hydroxylation is 2. The molecule has 0 amide bonds. The highest BCUT2D eigenvalue weighted by atomic mass is 32.1. The van der Waals surface area contributed by atoms with Gasteiger partial charge in [-0.25, -0.2) is 0 Å². The molecule has 1 aromatic heterocycles. The molecule has 4 nitrogen and oxygen atoms in total. The Morgan fingerprint density at radius 3 is 2.53 bits per heavy atom. The third kappa shape index (κ3) is 3.70. The number of rotatable bonds is 4. The zero-order valence-corrected chi connectivity index (χ0v) is 12.1. The summed E-state index contributed by atoms with van der Waals surface area (Å²) in [7, 11) is 1.90. The lowest BCUT2D eigenvalue weighted by molar-refractivity contribution is 0.389. The largest absolute Gasteiger partial charge is 0.389 e. The Morgan fingerprint density at radius 2 is 2.06 bits per heavy atom. The third-order valence-corrected chi connectivity index (χ3v) is 2.84. The molecule has 0 aliphatic carbocycles. The van der Waals surface area contributed by atoms with Crippen LogP contribution in [0.3, 0.4) is 0 Å². The fourth-order valence-corrected chi connectivity index (χ4v) is 1.96. The predicted molar refractivity (Wildman–Crippen MR) is 76.4 cm³/mol. The maximum atomic E-state index is 5.72. The summed E-state index contributed by atoms with van der Waals surface area (Å²) in [6.45, 7) is 9.47. The molecule has 5 heteroatoms. The maximum absolute atomic E-state index is 5.72. The number of nitrogens with two attached hydrogens (primary N) is 1. The summed E-state index contributed by atoms with van der Waals surface area (Å²) in [4.78, 5) is 0.397. The van der Waals surface area contributed by atoms with Crippen molar-refractivity contribution in [2.75, 3.05) is 11.9 Å². The molecule has 0 unspecified atom stereocenters. The van der Waals surface area contributed by atoms with Gasteiger partial charge in [-0.2, -0.15) is 5.10 Å². The van der Waals surface area contributed by atoms with E-state index in [0.717, 1.165) is 30.0 Å². The van der Waals surface area contributed by atoms with E-state index in [0.29, 0.717) is 10.4 Å². The summed E-state index contributed by atoms with van der Waals surface area (Å²) in [6, 6.07) is 0. The van der Waals surface area contributed by atoms with Gasteiger partial charge in [0, 0.05) is 13.6 Å². The van der Waals surface area contributed by atoms with Crippen LogP contribution in [0.1, 0.15) is 38.4 Å². The molecule has 3 N–H and O–H groups in total. The third-order valence-electron chi connectivity index (χ3n) is 2.64. The minimum absolute atomic E-state index is 0.310. The van der Waals surface area contributed by atoms with E-state index in [9.17, 15) is 0 Å². The van der Waals surface area contributed by atoms with Crippen molar-refractivity contribution < 1.29 is 0 Å². The Bertz CT molecular complexity index is 415. The van der Waals surface area contributed by atoms with Crippen LogP contribution < -0.4 is 11.1 Å². The minimum atomic E-state index is 0.310. The van der Waals surface area contributed by atoms with Crippen molar-refractivity contribution in [3.63, 3.8) is 0 Å². The first-order chi connectivity index (χ1) is 7.72. The molecule has 0 fully saturated rings. The summed E-state index contributed by atoms with van der Waals surface area (Å²) in [5, 5.41) is 7.71. The van der Waals surface area contributed by atoms with Crippen molar-refractivity contribution in [3.8, 4) is 0 Å². The van der Waals surface area contributed by atoms with E-state index in [2.05, 4.69) is 31.2 Å². The first-order valence-corrected chi connectivity index (χ1v) is 6.20. The fourth-order valence-electron chi connectivity index (χ4n) is 1.71. The number of hydrogen-bond donors (Lipinski definition) is 2. The Kier molecular flexibility index (Phi) is 4.14. The first-order valence-electron chi connectivity index (χ1n) is 5.79. The molecule has 1 rings (SSSR count). The van der Waals surface area contributed by atoms with Gasteiger partial charge >= 0.3 is 0 Å². The average Bonchev–Trinajstić information content (AvgIpc) is 2.39. The van der Waals surface area contributed by atoms with Gasteiger partial charge in [0.25, 0.3) is 0 Å². The van der Waals surface area contributed by atoms with E-state index in [1.165, 1.54) is 0 Å². The van der Waals surface area contributed by atoms with Crippen molar-refractivity contribution in [2.24, 2.45) is 18.2 Å². The summed E-state index contributed by atoms with van der Waals surface area (Å²) < 4.78 is 1.80. The second-order valence-electron chi connectivity index (χ2n) is 5.53. The Hall–Kier alpha value is -1.10. The molecular weight excluding hydrogens is 232 g/mol. The van der Waals surface area contributed by atoms with Crippen LogP contribution in [0.4, 0.5) is 5.82 Å². The monoisotopic (exact) mass is 254 g/mol. The molecule has 0 spiro atoms. The molecule has 0 aromatic carbocycles. The molecule has 1 aromatic rings. The van der Waals surface area contributed by atoms with Gasteiger partial charge in [-0.1, -0.05) is 33.0 Å². The van der Waals surface area contributed by atoms with Crippen LogP contribution in [0.15, 0.2) is 0 Å². The van der Waals surface area contributed by atoms with Crippen LogP contribution in [0.5, 0.6) is 0 Å². The van der Waals surface area contributed by atoms with E-state index in [1.54, 1.807) is 4.68 Å². The molecule has 17 heavy (non-hydrogen) atoms. The van der Waals surface area contributed by atoms with Gasteiger partial charge in [-0.3, -0.25) is 4.68 Å². The summed E-state index contributed by atoms with van der Waals surface area (Å²) in [5.41, 5.74) is 7.77. The minimum Gasteiger partial charge on any atom is -0.389 e. The van der Waals surface area contributed by atoms with Crippen molar-refractivity contribution >= 4 is 23.0 Å². The topological polar surface area (TPSA) is 55.9 Å². The average molecular weight is 254 g/mol. The quantitative estimate of drug-likeness (QED) is 0.809. The van der Waals surface area contributed by atoms with Crippen molar-refractivity contribution in [3.05, 3.63) is 11.3 Å². The van der Waals surface area contributed by atoms with Gasteiger partial charge in [0.1, 0.15) is 10.8 Å². The van der Waals surface area contributed by atoms with E-state index in [1.807, 2.05) is 14.0 Å². The molecule has 0 atom stereocenters. The second kappa shape index (κ2) is 5.04. The van der Waals surface area contributed by atoms with Crippen molar-refractivity contribution in [1.82, 2.24) is 9.78 Å². The molecule has 0 radical (unpaired) electrons. The van der Waals surface area contributed by atoms with Crippen LogP contribution in [0, 0.1) is 12.3 Å². The molecule has 0 saturated carbocycles. The van der Waals surface area contributed by atoms with Gasteiger partial charge in [0.05, 0.1) is 11.3 Å². The van der Waals surface area contributed by atoms with Crippen LogP contribution in [0.25, 0.3) is 0 Å². The number of nitrogens with one attached hydrogen (secondary N) is 1. The highest BCUT2D eigenvalue weighted by Gasteiger charge is 2.16. The smallest absolute Gasteiger partial charge is 0.134 e. The molecule has 0 bridgehead atoms. The van der Waals surface area contributed by atoms with E-state index >= 15 is 0 Å². The summed E-state index contributed by atoms with van der Waals surface area (Å²) in [5.74, 6) is 0.916. The standard InChI is InChI=1S/C12H22N4S/c1-8-9(10(13)17)11(16(5)15-8)14-7-6-12(2,3)4/h14H,6-7H2,1-5H3,(H2,13,17). The number of aromatic nitrogens is 2. The molecule has 1 heterocycles. The Labute approximate surface area is 109 Å². The van der Waals surface area contributed by atoms with Crippen molar-refractivity contribution in [1.29, 1.82) is 0 Å². The predicted octanol–water partition coefficient (Wildman–Crippen LogP) is 2.21. The van der Waals surface area contributed by atoms with E-state index < -0.39 is 0 Å². The Balaban J connectivity index is 2.80. The lowest BCUT2D eigenvalue weighted by atomic mass is 9.92. The molecular formula is C12H22N4S. The van der Waals surface area contributed by atoms with Crippen LogP contribution in [-0.4, -0.2) is 21.3 Å². The second-order valence-corrected chi connectivity index (χ2v) is 5.97. The summed E-state index contributed by atoms with van der Waals surface area (Å²) >= 11 is 5.06. The van der Waals surface area contributed by atoms with Gasteiger partial charge in [0.2, 0.25) is 0 Å². The number of nitrogens with zero attached hydrogens (tertiary/aromatic N) is 2. The Morgan fingerprint density at radius 1 is 1.47 bits per heavy atom. The molecule has 0 aliphatic rings. The van der Waals surface area contributed by atoms with Crippen molar-refractivity contribution in [2.45, 2.75) is 34.1 Å². The fraction of sp³-hybridized carbons (Fsp3) is 0.667. The highest BCUT2D eigenvalue weighted by molar-refractivity contribution is 7.80. The SMILES string of the molecule is Cc1nn(C)c(NCCC(C)(C)C)c1C(N)=S. The maximum Gasteiger partial charge on any atom is 0.134 e. The van der Waals surface area contributed by atoms with Gasteiger partial charge in [0.15, 0.2) is 0 Å². The zero-order chi connectivity index (χ0) is 13.2. The van der Waals surface area contributed by atoms with Crippen LogP contribution >= 0.6 is 12.2 Å². The summed E-state index contributed by atoms with van der Waals surface area (Å²) in [6.07, 6.45) is 1.08. The number of thiocarbonyl (C=S) groups is 1. The van der Waals surface area contributed by atoms with Crippen LogP contribution in [0.2, 0.25) is 0 Å². The van der Waals surface area contributed by atoms with Gasteiger partial charge in [-0.15, -0.1) is 0 Å². The molecule has 0 aliphatic heterocycles. The normalized spacial score (nSPS) is 11.6. The van der Waals surface area contributed by atoms with E-state index in [-0.39, 0.29) is 0 Å². The lowest BCUT2D eigenvalue weighted by Crippen LogP contribution is -2.18. The number of hydrogen-bond acceptors (Lipinski definition) is 3. The van der Waals surface area contributed by atoms with Gasteiger partial charge in [-0.05, 0) is 18.8 Å². The first kappa shape index (κ1) is 14.0.